The molecule has 0 amide bonds. The Kier molecular flexibility index (Phi) is 6.45. The second kappa shape index (κ2) is 8.58. The van der Waals surface area contributed by atoms with Gasteiger partial charge >= 0.3 is 0 Å². The number of nitrogens with one attached hydrogen (secondary N) is 1. The average Bonchev–Trinajstić information content (AvgIpc) is 2.57. The molecule has 0 spiro atoms. The largest absolute Gasteiger partial charge is 0.481 e. The number of hydrogen-bond donors (Lipinski definition) is 1. The van der Waals surface area contributed by atoms with Crippen molar-refractivity contribution in [3.05, 3.63) is 23.9 Å². The minimum atomic E-state index is 0.387. The van der Waals surface area contributed by atoms with Gasteiger partial charge in [-0.15, -0.1) is 0 Å². The molecule has 6 nitrogen and oxygen atoms in total. The minimum Gasteiger partial charge on any atom is -0.481 e. The standard InChI is InChI=1S/C16H26N4O2/c1-4-22-14-7-10-20(11-8-14)16(17-2)19-12-13-6-5-9-18-15(13)21-3/h5-6,9,14H,4,7-8,10-12H2,1-3H3,(H,17,19). The molecule has 2 heterocycles. The third-order valence-corrected chi connectivity index (χ3v) is 3.84. The van der Waals surface area contributed by atoms with E-state index in [1.54, 1.807) is 13.3 Å². The van der Waals surface area contributed by atoms with Gasteiger partial charge in [-0.3, -0.25) is 4.99 Å². The van der Waals surface area contributed by atoms with Gasteiger partial charge in [0.05, 0.1) is 13.2 Å². The maximum absolute atomic E-state index is 5.69. The van der Waals surface area contributed by atoms with E-state index in [2.05, 4.69) is 20.2 Å². The highest BCUT2D eigenvalue weighted by atomic mass is 16.5. The van der Waals surface area contributed by atoms with Crippen LogP contribution in [0.4, 0.5) is 0 Å². The van der Waals surface area contributed by atoms with Crippen LogP contribution < -0.4 is 10.1 Å². The smallest absolute Gasteiger partial charge is 0.218 e. The van der Waals surface area contributed by atoms with Crippen LogP contribution in [0.1, 0.15) is 25.3 Å². The molecule has 1 aliphatic rings. The van der Waals surface area contributed by atoms with Crippen molar-refractivity contribution >= 4 is 5.96 Å². The van der Waals surface area contributed by atoms with E-state index in [0.29, 0.717) is 18.5 Å². The zero-order valence-corrected chi connectivity index (χ0v) is 13.7. The monoisotopic (exact) mass is 306 g/mol. The second-order valence-corrected chi connectivity index (χ2v) is 5.21. The Morgan fingerprint density at radius 1 is 1.45 bits per heavy atom. The van der Waals surface area contributed by atoms with Gasteiger partial charge in [0.15, 0.2) is 5.96 Å². The first kappa shape index (κ1) is 16.5. The molecule has 0 radical (unpaired) electrons. The Labute approximate surface area is 132 Å². The number of guanidine groups is 1. The van der Waals surface area contributed by atoms with Crippen molar-refractivity contribution in [1.82, 2.24) is 15.2 Å². The van der Waals surface area contributed by atoms with Crippen molar-refractivity contribution in [3.8, 4) is 5.88 Å². The van der Waals surface area contributed by atoms with Crippen LogP contribution in [0.15, 0.2) is 23.3 Å². The number of hydrogen-bond acceptors (Lipinski definition) is 4. The first-order valence-electron chi connectivity index (χ1n) is 7.83. The Morgan fingerprint density at radius 3 is 2.86 bits per heavy atom. The van der Waals surface area contributed by atoms with Gasteiger partial charge in [-0.2, -0.15) is 0 Å². The van der Waals surface area contributed by atoms with Gasteiger partial charge < -0.3 is 19.7 Å². The number of rotatable bonds is 5. The molecule has 22 heavy (non-hydrogen) atoms. The van der Waals surface area contributed by atoms with E-state index >= 15 is 0 Å². The zero-order valence-electron chi connectivity index (χ0n) is 13.7. The van der Waals surface area contributed by atoms with Crippen molar-refractivity contribution in [1.29, 1.82) is 0 Å². The first-order chi connectivity index (χ1) is 10.8. The lowest BCUT2D eigenvalue weighted by Crippen LogP contribution is -2.46. The zero-order chi connectivity index (χ0) is 15.8. The van der Waals surface area contributed by atoms with E-state index in [1.807, 2.05) is 26.1 Å². The number of methoxy groups -OCH3 is 1. The molecule has 1 N–H and O–H groups in total. The average molecular weight is 306 g/mol. The number of pyridine rings is 1. The fourth-order valence-corrected chi connectivity index (χ4v) is 2.72. The lowest BCUT2D eigenvalue weighted by Gasteiger charge is -2.34. The predicted octanol–water partition coefficient (Wildman–Crippen LogP) is 1.67. The summed E-state index contributed by atoms with van der Waals surface area (Å²) >= 11 is 0. The molecule has 0 aromatic carbocycles. The second-order valence-electron chi connectivity index (χ2n) is 5.21. The molecule has 2 rings (SSSR count). The molecule has 0 unspecified atom stereocenters. The summed E-state index contributed by atoms with van der Waals surface area (Å²) in [6.45, 7) is 5.42. The van der Waals surface area contributed by atoms with E-state index in [0.717, 1.165) is 44.1 Å². The fraction of sp³-hybridized carbons (Fsp3) is 0.625. The van der Waals surface area contributed by atoms with E-state index in [4.69, 9.17) is 9.47 Å². The Balaban J connectivity index is 1.88. The number of aromatic nitrogens is 1. The normalized spacial score (nSPS) is 16.7. The van der Waals surface area contributed by atoms with E-state index in [9.17, 15) is 0 Å². The summed E-state index contributed by atoms with van der Waals surface area (Å²) < 4.78 is 11.0. The number of nitrogens with zero attached hydrogens (tertiary/aromatic N) is 3. The van der Waals surface area contributed by atoms with E-state index in [-0.39, 0.29) is 0 Å². The van der Waals surface area contributed by atoms with Crippen LogP contribution in [-0.2, 0) is 11.3 Å². The third-order valence-electron chi connectivity index (χ3n) is 3.84. The Bertz CT molecular complexity index is 485. The van der Waals surface area contributed by atoms with Crippen LogP contribution in [0, 0.1) is 0 Å². The molecular weight excluding hydrogens is 280 g/mol. The molecule has 0 aliphatic carbocycles. The van der Waals surface area contributed by atoms with Crippen molar-refractivity contribution in [2.24, 2.45) is 4.99 Å². The summed E-state index contributed by atoms with van der Waals surface area (Å²) in [5.41, 5.74) is 1.02. The number of likely N-dealkylation sites (tertiary alicyclic amines) is 1. The molecule has 1 aromatic heterocycles. The van der Waals surface area contributed by atoms with E-state index < -0.39 is 0 Å². The quantitative estimate of drug-likeness (QED) is 0.662. The van der Waals surface area contributed by atoms with Gasteiger partial charge in [0.2, 0.25) is 5.88 Å². The van der Waals surface area contributed by atoms with E-state index in [1.165, 1.54) is 0 Å². The first-order valence-corrected chi connectivity index (χ1v) is 7.83. The molecule has 6 heteroatoms. The van der Waals surface area contributed by atoms with Gasteiger partial charge in [0, 0.05) is 45.0 Å². The van der Waals surface area contributed by atoms with Crippen molar-refractivity contribution in [2.75, 3.05) is 33.9 Å². The van der Waals surface area contributed by atoms with Crippen LogP contribution in [-0.4, -0.2) is 55.8 Å². The third kappa shape index (κ3) is 4.34. The number of ether oxygens (including phenoxy) is 2. The fourth-order valence-electron chi connectivity index (χ4n) is 2.72. The lowest BCUT2D eigenvalue weighted by molar-refractivity contribution is 0.0263. The number of piperidine rings is 1. The summed E-state index contributed by atoms with van der Waals surface area (Å²) in [6.07, 6.45) is 4.21. The molecule has 122 valence electrons. The summed E-state index contributed by atoms with van der Waals surface area (Å²) in [5.74, 6) is 1.57. The lowest BCUT2D eigenvalue weighted by atomic mass is 10.1. The maximum Gasteiger partial charge on any atom is 0.218 e. The summed E-state index contributed by atoms with van der Waals surface area (Å²) in [4.78, 5) is 10.9. The van der Waals surface area contributed by atoms with Gasteiger partial charge in [-0.1, -0.05) is 6.07 Å². The minimum absolute atomic E-state index is 0.387. The molecule has 1 aliphatic heterocycles. The van der Waals surface area contributed by atoms with Crippen LogP contribution in [0.2, 0.25) is 0 Å². The molecule has 0 atom stereocenters. The highest BCUT2D eigenvalue weighted by Gasteiger charge is 2.21. The van der Waals surface area contributed by atoms with Crippen molar-refractivity contribution in [2.45, 2.75) is 32.4 Å². The Hall–Kier alpha value is -1.82. The van der Waals surface area contributed by atoms with Crippen LogP contribution in [0.5, 0.6) is 5.88 Å². The van der Waals surface area contributed by atoms with Crippen molar-refractivity contribution in [3.63, 3.8) is 0 Å². The summed E-state index contributed by atoms with van der Waals surface area (Å²) in [7, 11) is 3.45. The summed E-state index contributed by atoms with van der Waals surface area (Å²) in [5, 5.41) is 3.39. The molecule has 1 fully saturated rings. The highest BCUT2D eigenvalue weighted by molar-refractivity contribution is 5.80. The SMILES string of the molecule is CCOC1CCN(C(=NC)NCc2cccnc2OC)CC1. The van der Waals surface area contributed by atoms with Gasteiger partial charge in [-0.05, 0) is 25.8 Å². The molecule has 0 bridgehead atoms. The number of aliphatic imine (C=N–C) groups is 1. The van der Waals surface area contributed by atoms with Crippen LogP contribution >= 0.6 is 0 Å². The maximum atomic E-state index is 5.69. The van der Waals surface area contributed by atoms with Gasteiger partial charge in [0.1, 0.15) is 0 Å². The van der Waals surface area contributed by atoms with Gasteiger partial charge in [-0.25, -0.2) is 4.98 Å². The van der Waals surface area contributed by atoms with Gasteiger partial charge in [0.25, 0.3) is 0 Å². The van der Waals surface area contributed by atoms with Crippen molar-refractivity contribution < 1.29 is 9.47 Å². The highest BCUT2D eigenvalue weighted by Crippen LogP contribution is 2.15. The predicted molar refractivity (Wildman–Crippen MR) is 87.2 cm³/mol. The Morgan fingerprint density at radius 2 is 2.23 bits per heavy atom. The summed E-state index contributed by atoms with van der Waals surface area (Å²) in [6, 6.07) is 3.92. The molecule has 1 saturated heterocycles. The van der Waals surface area contributed by atoms with Crippen LogP contribution in [0.25, 0.3) is 0 Å². The molecule has 1 aromatic rings. The topological polar surface area (TPSA) is 59.0 Å². The molecule has 0 saturated carbocycles. The molecular formula is C16H26N4O2. The van der Waals surface area contributed by atoms with Crippen LogP contribution in [0.3, 0.4) is 0 Å².